The first kappa shape index (κ1) is 9.03. The Balaban J connectivity index is 3.07. The number of nitrogen functional groups attached to an aromatic ring is 1. The molecule has 0 aromatic heterocycles. The Morgan fingerprint density at radius 1 is 1.50 bits per heavy atom. The molecule has 0 heterocycles. The number of nitrogens with two attached hydrogens (primary N) is 2. The smallest absolute Gasteiger partial charge is 0.0625 e. The van der Waals surface area contributed by atoms with Gasteiger partial charge >= 0.3 is 0 Å². The number of aryl methyl sites for hydroxylation is 1. The lowest BCUT2D eigenvalue weighted by Crippen LogP contribution is -2.16. The summed E-state index contributed by atoms with van der Waals surface area (Å²) < 4.78 is 0. The van der Waals surface area contributed by atoms with Gasteiger partial charge in [0.2, 0.25) is 0 Å². The van der Waals surface area contributed by atoms with Crippen molar-refractivity contribution in [3.05, 3.63) is 29.3 Å². The van der Waals surface area contributed by atoms with Crippen LogP contribution in [-0.2, 0) is 0 Å². The van der Waals surface area contributed by atoms with Crippen LogP contribution in [0.4, 0.5) is 5.69 Å². The summed E-state index contributed by atoms with van der Waals surface area (Å²) in [4.78, 5) is 0. The summed E-state index contributed by atoms with van der Waals surface area (Å²) in [7, 11) is 0. The van der Waals surface area contributed by atoms with E-state index in [0.717, 1.165) is 11.1 Å². The average molecular weight is 166 g/mol. The van der Waals surface area contributed by atoms with Crippen LogP contribution >= 0.6 is 0 Å². The van der Waals surface area contributed by atoms with Gasteiger partial charge in [-0.2, -0.15) is 0 Å². The zero-order valence-corrected chi connectivity index (χ0v) is 7.12. The first-order chi connectivity index (χ1) is 5.66. The molecule has 3 nitrogen and oxygen atoms in total. The highest BCUT2D eigenvalue weighted by atomic mass is 16.3. The van der Waals surface area contributed by atoms with E-state index in [1.54, 1.807) is 0 Å². The van der Waals surface area contributed by atoms with Crippen molar-refractivity contribution in [2.45, 2.75) is 13.0 Å². The predicted octanol–water partition coefficient (Wildman–Crippen LogP) is 0.569. The van der Waals surface area contributed by atoms with Gasteiger partial charge in [-0.15, -0.1) is 0 Å². The van der Waals surface area contributed by atoms with Crippen LogP contribution in [0.25, 0.3) is 0 Å². The minimum atomic E-state index is -0.370. The van der Waals surface area contributed by atoms with Crippen molar-refractivity contribution in [1.29, 1.82) is 0 Å². The van der Waals surface area contributed by atoms with Crippen LogP contribution in [0.5, 0.6) is 0 Å². The summed E-state index contributed by atoms with van der Waals surface area (Å²) in [5.74, 6) is 0. The van der Waals surface area contributed by atoms with E-state index < -0.39 is 0 Å². The van der Waals surface area contributed by atoms with Gasteiger partial charge in [0.1, 0.15) is 0 Å². The van der Waals surface area contributed by atoms with Gasteiger partial charge in [0.15, 0.2) is 0 Å². The molecule has 0 amide bonds. The summed E-state index contributed by atoms with van der Waals surface area (Å²) in [6.07, 6.45) is 0. The lowest BCUT2D eigenvalue weighted by molar-refractivity contribution is 0.268. The molecule has 0 bridgehead atoms. The molecule has 5 N–H and O–H groups in total. The fraction of sp³-hybridized carbons (Fsp3) is 0.333. The Kier molecular flexibility index (Phi) is 2.68. The van der Waals surface area contributed by atoms with Gasteiger partial charge < -0.3 is 16.6 Å². The molecule has 0 fully saturated rings. The summed E-state index contributed by atoms with van der Waals surface area (Å²) in [5.41, 5.74) is 13.9. The van der Waals surface area contributed by atoms with Crippen molar-refractivity contribution in [1.82, 2.24) is 0 Å². The predicted molar refractivity (Wildman–Crippen MR) is 49.6 cm³/mol. The molecule has 1 atom stereocenters. The minimum Gasteiger partial charge on any atom is -0.398 e. The number of anilines is 1. The number of rotatable bonds is 2. The highest BCUT2D eigenvalue weighted by molar-refractivity contribution is 5.54. The lowest BCUT2D eigenvalue weighted by atomic mass is 10.0. The molecule has 0 aliphatic rings. The van der Waals surface area contributed by atoms with E-state index >= 15 is 0 Å². The third-order valence-corrected chi connectivity index (χ3v) is 1.95. The maximum Gasteiger partial charge on any atom is 0.0625 e. The summed E-state index contributed by atoms with van der Waals surface area (Å²) in [5, 5.41) is 8.82. The number of hydrogen-bond donors (Lipinski definition) is 3. The van der Waals surface area contributed by atoms with E-state index in [1.807, 2.05) is 25.1 Å². The maximum atomic E-state index is 8.82. The van der Waals surface area contributed by atoms with E-state index in [2.05, 4.69) is 0 Å². The van der Waals surface area contributed by atoms with Gasteiger partial charge in [-0.3, -0.25) is 0 Å². The third-order valence-electron chi connectivity index (χ3n) is 1.95. The van der Waals surface area contributed by atoms with E-state index in [9.17, 15) is 0 Å². The topological polar surface area (TPSA) is 72.3 Å². The van der Waals surface area contributed by atoms with Crippen molar-refractivity contribution in [3.8, 4) is 0 Å². The molecule has 0 unspecified atom stereocenters. The molecule has 0 radical (unpaired) electrons. The number of aliphatic hydroxyl groups excluding tert-OH is 1. The third kappa shape index (κ3) is 1.57. The van der Waals surface area contributed by atoms with Gasteiger partial charge in [0.05, 0.1) is 12.6 Å². The number of para-hydroxylation sites is 1. The van der Waals surface area contributed by atoms with Crippen LogP contribution in [0.15, 0.2) is 18.2 Å². The average Bonchev–Trinajstić information content (AvgIpc) is 2.08. The highest BCUT2D eigenvalue weighted by Crippen LogP contribution is 2.21. The maximum absolute atomic E-state index is 8.82. The van der Waals surface area contributed by atoms with Gasteiger partial charge in [-0.05, 0) is 18.1 Å². The fourth-order valence-electron chi connectivity index (χ4n) is 1.13. The Hall–Kier alpha value is -1.06. The van der Waals surface area contributed by atoms with Gasteiger partial charge in [0, 0.05) is 5.69 Å². The first-order valence-corrected chi connectivity index (χ1v) is 3.88. The Morgan fingerprint density at radius 3 is 2.75 bits per heavy atom. The SMILES string of the molecule is Cc1cccc([C@H](N)CO)c1N. The fourth-order valence-corrected chi connectivity index (χ4v) is 1.13. The summed E-state index contributed by atoms with van der Waals surface area (Å²) >= 11 is 0. The first-order valence-electron chi connectivity index (χ1n) is 3.88. The molecule has 0 aliphatic heterocycles. The van der Waals surface area contributed by atoms with Gasteiger partial charge in [-0.1, -0.05) is 18.2 Å². The second-order valence-corrected chi connectivity index (χ2v) is 2.87. The Bertz CT molecular complexity index is 273. The molecule has 3 heteroatoms. The standard InChI is InChI=1S/C9H14N2O/c1-6-3-2-4-7(9(6)11)8(10)5-12/h2-4,8,12H,5,10-11H2,1H3/t8-/m1/s1. The van der Waals surface area contributed by atoms with Crippen molar-refractivity contribution in [2.75, 3.05) is 12.3 Å². The van der Waals surface area contributed by atoms with Crippen molar-refractivity contribution in [2.24, 2.45) is 5.73 Å². The van der Waals surface area contributed by atoms with Crippen molar-refractivity contribution >= 4 is 5.69 Å². The van der Waals surface area contributed by atoms with Crippen LogP contribution in [0.3, 0.4) is 0 Å². The molecule has 1 aromatic carbocycles. The number of hydrogen-bond acceptors (Lipinski definition) is 3. The number of benzene rings is 1. The molecular formula is C9H14N2O. The molecule has 12 heavy (non-hydrogen) atoms. The molecule has 0 spiro atoms. The van der Waals surface area contributed by atoms with Crippen LogP contribution < -0.4 is 11.5 Å². The monoisotopic (exact) mass is 166 g/mol. The van der Waals surface area contributed by atoms with Crippen LogP contribution in [0, 0.1) is 6.92 Å². The van der Waals surface area contributed by atoms with Crippen molar-refractivity contribution in [3.63, 3.8) is 0 Å². The Morgan fingerprint density at radius 2 is 2.17 bits per heavy atom. The Labute approximate surface area is 72.0 Å². The van der Waals surface area contributed by atoms with Crippen LogP contribution in [0.1, 0.15) is 17.2 Å². The molecular weight excluding hydrogens is 152 g/mol. The van der Waals surface area contributed by atoms with E-state index in [4.69, 9.17) is 16.6 Å². The zero-order valence-electron chi connectivity index (χ0n) is 7.12. The molecule has 0 saturated carbocycles. The van der Waals surface area contributed by atoms with Crippen LogP contribution in [-0.4, -0.2) is 11.7 Å². The lowest BCUT2D eigenvalue weighted by Gasteiger charge is -2.12. The molecule has 1 rings (SSSR count). The van der Waals surface area contributed by atoms with E-state index in [1.165, 1.54) is 0 Å². The van der Waals surface area contributed by atoms with E-state index in [-0.39, 0.29) is 12.6 Å². The summed E-state index contributed by atoms with van der Waals surface area (Å²) in [6.45, 7) is 1.84. The number of aliphatic hydroxyl groups is 1. The van der Waals surface area contributed by atoms with Gasteiger partial charge in [-0.25, -0.2) is 0 Å². The molecule has 0 saturated heterocycles. The van der Waals surface area contributed by atoms with Gasteiger partial charge in [0.25, 0.3) is 0 Å². The van der Waals surface area contributed by atoms with Crippen molar-refractivity contribution < 1.29 is 5.11 Å². The quantitative estimate of drug-likeness (QED) is 0.562. The van der Waals surface area contributed by atoms with Crippen LogP contribution in [0.2, 0.25) is 0 Å². The normalized spacial score (nSPS) is 12.9. The second-order valence-electron chi connectivity index (χ2n) is 2.87. The largest absolute Gasteiger partial charge is 0.398 e. The minimum absolute atomic E-state index is 0.0757. The zero-order chi connectivity index (χ0) is 9.14. The molecule has 66 valence electrons. The summed E-state index contributed by atoms with van der Waals surface area (Å²) in [6, 6.07) is 5.27. The highest BCUT2D eigenvalue weighted by Gasteiger charge is 2.08. The second kappa shape index (κ2) is 3.56. The van der Waals surface area contributed by atoms with E-state index in [0.29, 0.717) is 5.69 Å². The molecule has 0 aliphatic carbocycles. The molecule has 1 aromatic rings.